The number of pyridine rings is 2. The first kappa shape index (κ1) is 10.4. The number of aromatic carboxylic acids is 1. The van der Waals surface area contributed by atoms with E-state index in [2.05, 4.69) is 4.98 Å². The van der Waals surface area contributed by atoms with Crippen molar-refractivity contribution in [3.63, 3.8) is 0 Å². The number of hydrogen-bond donors (Lipinski definition) is 1. The highest BCUT2D eigenvalue weighted by Crippen LogP contribution is 2.10. The third kappa shape index (κ3) is 1.46. The standard InChI is InChI=1S/C11H10N2O3/c1-6-3-7-8(12-5-6)4-9(11(15)16)13(2)10(7)14/h3-5H,1-2H3,(H,15,16). The quantitative estimate of drug-likeness (QED) is 0.773. The first-order valence-electron chi connectivity index (χ1n) is 4.70. The highest BCUT2D eigenvalue weighted by Gasteiger charge is 2.12. The number of carboxylic acid groups (broad SMARTS) is 1. The van der Waals surface area contributed by atoms with Gasteiger partial charge in [-0.2, -0.15) is 0 Å². The summed E-state index contributed by atoms with van der Waals surface area (Å²) >= 11 is 0. The minimum absolute atomic E-state index is 0.0612. The van der Waals surface area contributed by atoms with Crippen molar-refractivity contribution in [2.45, 2.75) is 6.92 Å². The normalized spacial score (nSPS) is 10.6. The molecule has 0 aliphatic rings. The van der Waals surface area contributed by atoms with Gasteiger partial charge in [0.05, 0.1) is 10.9 Å². The van der Waals surface area contributed by atoms with Crippen LogP contribution in [-0.2, 0) is 7.05 Å². The van der Waals surface area contributed by atoms with Crippen LogP contribution in [0.4, 0.5) is 0 Å². The fourth-order valence-corrected chi connectivity index (χ4v) is 1.59. The minimum Gasteiger partial charge on any atom is -0.477 e. The van der Waals surface area contributed by atoms with Gasteiger partial charge in [-0.05, 0) is 24.6 Å². The molecule has 5 nitrogen and oxygen atoms in total. The number of hydrogen-bond acceptors (Lipinski definition) is 3. The molecule has 82 valence electrons. The van der Waals surface area contributed by atoms with Gasteiger partial charge < -0.3 is 9.67 Å². The van der Waals surface area contributed by atoms with E-state index in [1.807, 2.05) is 6.92 Å². The van der Waals surface area contributed by atoms with Crippen molar-refractivity contribution in [2.75, 3.05) is 0 Å². The summed E-state index contributed by atoms with van der Waals surface area (Å²) in [4.78, 5) is 26.8. The summed E-state index contributed by atoms with van der Waals surface area (Å²) in [5.74, 6) is -1.14. The summed E-state index contributed by atoms with van der Waals surface area (Å²) < 4.78 is 1.12. The van der Waals surface area contributed by atoms with Crippen LogP contribution in [0.3, 0.4) is 0 Å². The predicted octanol–water partition coefficient (Wildman–Crippen LogP) is 0.940. The summed E-state index contributed by atoms with van der Waals surface area (Å²) in [6.07, 6.45) is 1.60. The molecule has 16 heavy (non-hydrogen) atoms. The Balaban J connectivity index is 2.94. The topological polar surface area (TPSA) is 72.2 Å². The van der Waals surface area contributed by atoms with Gasteiger partial charge in [-0.25, -0.2) is 4.79 Å². The van der Waals surface area contributed by atoms with E-state index in [1.165, 1.54) is 13.1 Å². The zero-order chi connectivity index (χ0) is 11.9. The molecule has 2 rings (SSSR count). The second-order valence-corrected chi connectivity index (χ2v) is 3.64. The number of aryl methyl sites for hydroxylation is 1. The second kappa shape index (κ2) is 3.44. The van der Waals surface area contributed by atoms with Gasteiger partial charge in [0.2, 0.25) is 0 Å². The lowest BCUT2D eigenvalue weighted by Gasteiger charge is -2.06. The van der Waals surface area contributed by atoms with Gasteiger partial charge in [-0.15, -0.1) is 0 Å². The average Bonchev–Trinajstić information content (AvgIpc) is 2.23. The molecule has 0 atom stereocenters. The van der Waals surface area contributed by atoms with Crippen molar-refractivity contribution in [2.24, 2.45) is 7.05 Å². The van der Waals surface area contributed by atoms with Gasteiger partial charge in [-0.1, -0.05) is 0 Å². The van der Waals surface area contributed by atoms with E-state index in [4.69, 9.17) is 5.11 Å². The Bertz CT molecular complexity index is 643. The number of fused-ring (bicyclic) bond motifs is 1. The van der Waals surface area contributed by atoms with E-state index in [-0.39, 0.29) is 11.3 Å². The Morgan fingerprint density at radius 2 is 2.12 bits per heavy atom. The van der Waals surface area contributed by atoms with Crippen LogP contribution in [0.1, 0.15) is 16.1 Å². The van der Waals surface area contributed by atoms with Crippen LogP contribution in [0.15, 0.2) is 23.1 Å². The first-order valence-corrected chi connectivity index (χ1v) is 4.70. The molecule has 2 aromatic heterocycles. The molecule has 0 saturated heterocycles. The molecule has 0 radical (unpaired) electrons. The van der Waals surface area contributed by atoms with Crippen molar-refractivity contribution >= 4 is 16.9 Å². The summed E-state index contributed by atoms with van der Waals surface area (Å²) in [6, 6.07) is 3.11. The van der Waals surface area contributed by atoms with Crippen LogP contribution in [0, 0.1) is 6.92 Å². The van der Waals surface area contributed by atoms with Crippen LogP contribution in [0.5, 0.6) is 0 Å². The largest absolute Gasteiger partial charge is 0.477 e. The van der Waals surface area contributed by atoms with Crippen LogP contribution in [-0.4, -0.2) is 20.6 Å². The Morgan fingerprint density at radius 1 is 1.44 bits per heavy atom. The summed E-state index contributed by atoms with van der Waals surface area (Å²) in [5, 5.41) is 9.35. The summed E-state index contributed by atoms with van der Waals surface area (Å²) in [5.41, 5.74) is 0.874. The second-order valence-electron chi connectivity index (χ2n) is 3.64. The summed E-state index contributed by atoms with van der Waals surface area (Å²) in [7, 11) is 1.44. The van der Waals surface area contributed by atoms with Gasteiger partial charge in [0, 0.05) is 13.2 Å². The number of nitrogens with zero attached hydrogens (tertiary/aromatic N) is 2. The molecule has 0 aromatic carbocycles. The maximum atomic E-state index is 11.9. The van der Waals surface area contributed by atoms with Gasteiger partial charge in [-0.3, -0.25) is 9.78 Å². The third-order valence-electron chi connectivity index (χ3n) is 2.44. The predicted molar refractivity (Wildman–Crippen MR) is 58.7 cm³/mol. The lowest BCUT2D eigenvalue weighted by Crippen LogP contribution is -2.23. The molecule has 0 spiro atoms. The van der Waals surface area contributed by atoms with E-state index in [0.717, 1.165) is 10.1 Å². The molecule has 1 N–H and O–H groups in total. The fraction of sp³-hybridized carbons (Fsp3) is 0.182. The summed E-state index contributed by atoms with van der Waals surface area (Å²) in [6.45, 7) is 1.83. The smallest absolute Gasteiger partial charge is 0.352 e. The van der Waals surface area contributed by atoms with Crippen molar-refractivity contribution in [3.05, 3.63) is 39.9 Å². The van der Waals surface area contributed by atoms with Crippen LogP contribution >= 0.6 is 0 Å². The SMILES string of the molecule is Cc1cnc2cc(C(=O)O)n(C)c(=O)c2c1. The molecule has 2 heterocycles. The van der Waals surface area contributed by atoms with E-state index >= 15 is 0 Å². The van der Waals surface area contributed by atoms with E-state index < -0.39 is 5.97 Å². The number of aromatic nitrogens is 2. The first-order chi connectivity index (χ1) is 7.50. The zero-order valence-corrected chi connectivity index (χ0v) is 8.89. The molecule has 5 heteroatoms. The Morgan fingerprint density at radius 3 is 2.75 bits per heavy atom. The van der Waals surface area contributed by atoms with Crippen LogP contribution in [0.2, 0.25) is 0 Å². The monoisotopic (exact) mass is 218 g/mol. The number of rotatable bonds is 1. The lowest BCUT2D eigenvalue weighted by molar-refractivity contribution is 0.0685. The van der Waals surface area contributed by atoms with Crippen molar-refractivity contribution in [1.82, 2.24) is 9.55 Å². The minimum atomic E-state index is -1.14. The Kier molecular flexibility index (Phi) is 2.23. The molecule has 0 amide bonds. The van der Waals surface area contributed by atoms with E-state index in [0.29, 0.717) is 10.9 Å². The Hall–Kier alpha value is -2.17. The van der Waals surface area contributed by atoms with Gasteiger partial charge in [0.15, 0.2) is 0 Å². The van der Waals surface area contributed by atoms with Gasteiger partial charge in [0.1, 0.15) is 5.69 Å². The van der Waals surface area contributed by atoms with E-state index in [1.54, 1.807) is 12.3 Å². The maximum Gasteiger partial charge on any atom is 0.352 e. The number of carboxylic acids is 1. The Labute approximate surface area is 91.0 Å². The van der Waals surface area contributed by atoms with Gasteiger partial charge in [0.25, 0.3) is 5.56 Å². The maximum absolute atomic E-state index is 11.9. The van der Waals surface area contributed by atoms with Crippen LogP contribution in [0.25, 0.3) is 10.9 Å². The highest BCUT2D eigenvalue weighted by molar-refractivity contribution is 5.90. The highest BCUT2D eigenvalue weighted by atomic mass is 16.4. The van der Waals surface area contributed by atoms with Crippen molar-refractivity contribution in [3.8, 4) is 0 Å². The third-order valence-corrected chi connectivity index (χ3v) is 2.44. The average molecular weight is 218 g/mol. The molecule has 2 aromatic rings. The van der Waals surface area contributed by atoms with Gasteiger partial charge >= 0.3 is 5.97 Å². The number of carbonyl (C=O) groups is 1. The molecular formula is C11H10N2O3. The molecule has 0 fully saturated rings. The molecule has 0 aliphatic carbocycles. The molecule has 0 saturated carbocycles. The molecule has 0 aliphatic heterocycles. The van der Waals surface area contributed by atoms with Crippen LogP contribution < -0.4 is 5.56 Å². The molecule has 0 unspecified atom stereocenters. The molecular weight excluding hydrogens is 208 g/mol. The zero-order valence-electron chi connectivity index (χ0n) is 8.89. The van der Waals surface area contributed by atoms with Crippen molar-refractivity contribution < 1.29 is 9.90 Å². The fourth-order valence-electron chi connectivity index (χ4n) is 1.59. The lowest BCUT2D eigenvalue weighted by atomic mass is 10.2. The van der Waals surface area contributed by atoms with Crippen molar-refractivity contribution in [1.29, 1.82) is 0 Å². The van der Waals surface area contributed by atoms with E-state index in [9.17, 15) is 9.59 Å². The molecule has 0 bridgehead atoms.